The number of hydrogen-bond acceptors (Lipinski definition) is 3. The Balaban J connectivity index is 3.13. The molecule has 0 radical (unpaired) electrons. The predicted molar refractivity (Wildman–Crippen MR) is 58.5 cm³/mol. The van der Waals surface area contributed by atoms with Crippen molar-refractivity contribution in [3.8, 4) is 0 Å². The van der Waals surface area contributed by atoms with Crippen molar-refractivity contribution in [1.29, 1.82) is 0 Å². The summed E-state index contributed by atoms with van der Waals surface area (Å²) in [6.45, 7) is 0. The molecular formula is C10H10Cl2O3. The van der Waals surface area contributed by atoms with Crippen molar-refractivity contribution < 1.29 is 15.0 Å². The van der Waals surface area contributed by atoms with E-state index in [4.69, 9.17) is 23.2 Å². The molecule has 82 valence electrons. The Hall–Kier alpha value is -0.610. The Morgan fingerprint density at radius 1 is 1.40 bits per heavy atom. The third-order valence-corrected chi connectivity index (χ3v) is 2.69. The van der Waals surface area contributed by atoms with Gasteiger partial charge in [-0.05, 0) is 11.6 Å². The molecule has 15 heavy (non-hydrogen) atoms. The van der Waals surface area contributed by atoms with Gasteiger partial charge in [-0.2, -0.15) is 0 Å². The molecule has 0 aliphatic heterocycles. The minimum atomic E-state index is -1.21. The number of aliphatic hydroxyl groups is 2. The highest BCUT2D eigenvalue weighted by Gasteiger charge is 2.21. The topological polar surface area (TPSA) is 57.5 Å². The Morgan fingerprint density at radius 2 is 2.07 bits per heavy atom. The second-order valence-corrected chi connectivity index (χ2v) is 3.74. The van der Waals surface area contributed by atoms with Crippen LogP contribution in [0.5, 0.6) is 0 Å². The van der Waals surface area contributed by atoms with Crippen LogP contribution in [0.25, 0.3) is 0 Å². The highest BCUT2D eigenvalue weighted by molar-refractivity contribution is 6.33. The first-order chi connectivity index (χ1) is 7.11. The number of benzene rings is 1. The number of aldehydes is 1. The van der Waals surface area contributed by atoms with Gasteiger partial charge in [0.25, 0.3) is 0 Å². The van der Waals surface area contributed by atoms with E-state index in [2.05, 4.69) is 0 Å². The van der Waals surface area contributed by atoms with Gasteiger partial charge >= 0.3 is 0 Å². The molecule has 0 fully saturated rings. The van der Waals surface area contributed by atoms with Crippen molar-refractivity contribution in [2.75, 3.05) is 5.88 Å². The van der Waals surface area contributed by atoms with Crippen molar-refractivity contribution >= 4 is 29.5 Å². The molecule has 0 heterocycles. The first-order valence-electron chi connectivity index (χ1n) is 4.27. The van der Waals surface area contributed by atoms with Crippen molar-refractivity contribution in [3.63, 3.8) is 0 Å². The summed E-state index contributed by atoms with van der Waals surface area (Å²) < 4.78 is 0. The molecule has 1 aromatic carbocycles. The van der Waals surface area contributed by atoms with E-state index in [9.17, 15) is 15.0 Å². The Kier molecular flexibility index (Phi) is 4.54. The van der Waals surface area contributed by atoms with E-state index < -0.39 is 12.2 Å². The SMILES string of the molecule is O=Cc1c(Cl)cccc1C(O)C(O)CCl. The predicted octanol–water partition coefficient (Wildman–Crippen LogP) is 1.79. The summed E-state index contributed by atoms with van der Waals surface area (Å²) in [7, 11) is 0. The Morgan fingerprint density at radius 3 is 2.60 bits per heavy atom. The summed E-state index contributed by atoms with van der Waals surface area (Å²) in [6, 6.07) is 4.65. The van der Waals surface area contributed by atoms with Gasteiger partial charge in [0.2, 0.25) is 0 Å². The lowest BCUT2D eigenvalue weighted by molar-refractivity contribution is 0.0323. The van der Waals surface area contributed by atoms with Gasteiger partial charge in [-0.25, -0.2) is 0 Å². The van der Waals surface area contributed by atoms with Gasteiger partial charge in [-0.1, -0.05) is 23.7 Å². The molecule has 5 heteroatoms. The van der Waals surface area contributed by atoms with E-state index in [1.165, 1.54) is 12.1 Å². The molecule has 0 saturated carbocycles. The first-order valence-corrected chi connectivity index (χ1v) is 5.18. The lowest BCUT2D eigenvalue weighted by Crippen LogP contribution is -2.21. The lowest BCUT2D eigenvalue weighted by atomic mass is 10.00. The maximum atomic E-state index is 10.8. The zero-order chi connectivity index (χ0) is 11.4. The van der Waals surface area contributed by atoms with Crippen molar-refractivity contribution in [3.05, 3.63) is 34.3 Å². The largest absolute Gasteiger partial charge is 0.389 e. The van der Waals surface area contributed by atoms with Crippen LogP contribution in [0.1, 0.15) is 22.0 Å². The van der Waals surface area contributed by atoms with Crippen LogP contribution >= 0.6 is 23.2 Å². The standard InChI is InChI=1S/C10H10Cl2O3/c11-4-9(14)10(15)6-2-1-3-8(12)7(6)5-13/h1-3,5,9-10,14-15H,4H2. The second-order valence-electron chi connectivity index (χ2n) is 3.03. The normalized spacial score (nSPS) is 14.7. The zero-order valence-corrected chi connectivity index (χ0v) is 9.24. The number of rotatable bonds is 4. The van der Waals surface area contributed by atoms with Crippen molar-refractivity contribution in [1.82, 2.24) is 0 Å². The third-order valence-electron chi connectivity index (χ3n) is 2.05. The third kappa shape index (κ3) is 2.69. The zero-order valence-electron chi connectivity index (χ0n) is 7.73. The number of aliphatic hydroxyl groups excluding tert-OH is 2. The van der Waals surface area contributed by atoms with Gasteiger partial charge < -0.3 is 10.2 Å². The van der Waals surface area contributed by atoms with Crippen LogP contribution in [0.4, 0.5) is 0 Å². The molecule has 2 atom stereocenters. The maximum Gasteiger partial charge on any atom is 0.151 e. The minimum absolute atomic E-state index is 0.119. The monoisotopic (exact) mass is 248 g/mol. The van der Waals surface area contributed by atoms with Crippen LogP contribution in [-0.4, -0.2) is 28.5 Å². The van der Waals surface area contributed by atoms with E-state index in [-0.39, 0.29) is 22.0 Å². The molecule has 0 spiro atoms. The summed E-state index contributed by atoms with van der Waals surface area (Å²) in [5, 5.41) is 19.3. The molecule has 3 nitrogen and oxygen atoms in total. The van der Waals surface area contributed by atoms with Gasteiger partial charge in [-0.3, -0.25) is 4.79 Å². The van der Waals surface area contributed by atoms with Crippen LogP contribution in [0, 0.1) is 0 Å². The molecule has 0 bridgehead atoms. The number of carbonyl (C=O) groups excluding carboxylic acids is 1. The fourth-order valence-corrected chi connectivity index (χ4v) is 1.62. The van der Waals surface area contributed by atoms with E-state index in [1.54, 1.807) is 6.07 Å². The lowest BCUT2D eigenvalue weighted by Gasteiger charge is -2.17. The second kappa shape index (κ2) is 5.47. The molecule has 0 aromatic heterocycles. The van der Waals surface area contributed by atoms with E-state index in [1.807, 2.05) is 0 Å². The van der Waals surface area contributed by atoms with Crippen LogP contribution < -0.4 is 0 Å². The highest BCUT2D eigenvalue weighted by Crippen LogP contribution is 2.25. The molecule has 0 aliphatic carbocycles. The smallest absolute Gasteiger partial charge is 0.151 e. The van der Waals surface area contributed by atoms with Gasteiger partial charge in [-0.15, -0.1) is 11.6 Å². The summed E-state index contributed by atoms with van der Waals surface area (Å²) >= 11 is 11.2. The Bertz CT molecular complexity index is 355. The molecule has 2 unspecified atom stereocenters. The van der Waals surface area contributed by atoms with E-state index >= 15 is 0 Å². The number of alkyl halides is 1. The number of carbonyl (C=O) groups is 1. The number of hydrogen-bond donors (Lipinski definition) is 2. The summed E-state index contributed by atoms with van der Waals surface area (Å²) in [5.41, 5.74) is 0.460. The fourth-order valence-electron chi connectivity index (χ4n) is 1.23. The molecule has 0 amide bonds. The molecule has 0 aliphatic rings. The average Bonchev–Trinajstić information content (AvgIpc) is 2.26. The van der Waals surface area contributed by atoms with E-state index in [0.29, 0.717) is 6.29 Å². The molecule has 2 N–H and O–H groups in total. The maximum absolute atomic E-state index is 10.8. The molecular weight excluding hydrogens is 239 g/mol. The van der Waals surface area contributed by atoms with E-state index in [0.717, 1.165) is 0 Å². The molecule has 1 aromatic rings. The summed E-state index contributed by atoms with van der Waals surface area (Å²) in [4.78, 5) is 10.8. The molecule has 0 saturated heterocycles. The summed E-state index contributed by atoms with van der Waals surface area (Å²) in [5.74, 6) is -0.119. The van der Waals surface area contributed by atoms with Gasteiger partial charge in [0, 0.05) is 5.56 Å². The van der Waals surface area contributed by atoms with Crippen LogP contribution in [-0.2, 0) is 0 Å². The molecule has 1 rings (SSSR count). The van der Waals surface area contributed by atoms with Crippen molar-refractivity contribution in [2.24, 2.45) is 0 Å². The van der Waals surface area contributed by atoms with Crippen LogP contribution in [0.15, 0.2) is 18.2 Å². The average molecular weight is 249 g/mol. The van der Waals surface area contributed by atoms with Gasteiger partial charge in [0.05, 0.1) is 17.0 Å². The summed E-state index contributed by atoms with van der Waals surface area (Å²) in [6.07, 6.45) is -1.78. The quantitative estimate of drug-likeness (QED) is 0.631. The van der Waals surface area contributed by atoms with Crippen LogP contribution in [0.2, 0.25) is 5.02 Å². The fraction of sp³-hybridized carbons (Fsp3) is 0.300. The van der Waals surface area contributed by atoms with Crippen molar-refractivity contribution in [2.45, 2.75) is 12.2 Å². The minimum Gasteiger partial charge on any atom is -0.389 e. The highest BCUT2D eigenvalue weighted by atomic mass is 35.5. The first kappa shape index (κ1) is 12.5. The number of halogens is 2. The van der Waals surface area contributed by atoms with Gasteiger partial charge in [0.1, 0.15) is 6.10 Å². The van der Waals surface area contributed by atoms with Crippen LogP contribution in [0.3, 0.4) is 0 Å². The van der Waals surface area contributed by atoms with Gasteiger partial charge in [0.15, 0.2) is 6.29 Å². The Labute approximate surface area is 97.2 Å².